The maximum atomic E-state index is 13.7. The molecule has 1 N–H and O–H groups in total. The number of rotatable bonds is 2. The van der Waals surface area contributed by atoms with Crippen molar-refractivity contribution in [3.63, 3.8) is 0 Å². The van der Waals surface area contributed by atoms with Crippen LogP contribution in [0.2, 0.25) is 0 Å². The smallest absolute Gasteiger partial charge is 0.336 e. The summed E-state index contributed by atoms with van der Waals surface area (Å²) in [4.78, 5) is 16.5. The summed E-state index contributed by atoms with van der Waals surface area (Å²) >= 11 is 0. The predicted molar refractivity (Wildman–Crippen MR) is 264 cm³/mol. The zero-order valence-electron chi connectivity index (χ0n) is 44.5. The molecule has 0 aliphatic carbocycles. The van der Waals surface area contributed by atoms with Gasteiger partial charge in [0.15, 0.2) is 11.1 Å². The molecule has 0 saturated carbocycles. The monoisotopic (exact) mass is 856 g/mol. The number of hydrogen-bond acceptors (Lipinski definition) is 3. The first-order chi connectivity index (χ1) is 28.1. The van der Waals surface area contributed by atoms with Crippen molar-refractivity contribution < 1.29 is 14.6 Å². The highest BCUT2D eigenvalue weighted by molar-refractivity contribution is 6.01. The van der Waals surface area contributed by atoms with Crippen LogP contribution in [0.5, 0.6) is 11.5 Å². The van der Waals surface area contributed by atoms with E-state index in [0.717, 1.165) is 33.4 Å². The van der Waals surface area contributed by atoms with Crippen molar-refractivity contribution in [2.45, 2.75) is 224 Å². The van der Waals surface area contributed by atoms with Gasteiger partial charge >= 0.3 is 5.97 Å². The van der Waals surface area contributed by atoms with E-state index in [0.29, 0.717) is 5.56 Å². The topological polar surface area (TPSA) is 52.8 Å². The quantitative estimate of drug-likeness (QED) is 0.204. The molecule has 0 atom stereocenters. The van der Waals surface area contributed by atoms with Crippen molar-refractivity contribution in [1.29, 1.82) is 0 Å². The van der Waals surface area contributed by atoms with E-state index < -0.39 is 5.97 Å². The number of carboxylic acids is 1. The predicted octanol–water partition coefficient (Wildman–Crippen LogP) is 13.0. The molecule has 5 heterocycles. The molecule has 5 nitrogen and oxygen atoms in total. The summed E-state index contributed by atoms with van der Waals surface area (Å²) in [5.41, 5.74) is 8.75. The van der Waals surface area contributed by atoms with Crippen LogP contribution >= 0.6 is 0 Å². The number of anilines is 1. The largest absolute Gasteiger partial charge is 0.478 e. The summed E-state index contributed by atoms with van der Waals surface area (Å²) in [6.07, 6.45) is 0. The fourth-order valence-electron chi connectivity index (χ4n) is 14.9. The Morgan fingerprint density at radius 3 is 1.44 bits per heavy atom. The molecule has 0 aromatic heterocycles. The van der Waals surface area contributed by atoms with Crippen molar-refractivity contribution in [1.82, 2.24) is 4.58 Å². The van der Waals surface area contributed by atoms with Gasteiger partial charge in [-0.15, -0.1) is 0 Å². The molecule has 8 rings (SSSR count). The Morgan fingerprint density at radius 2 is 0.968 bits per heavy atom. The SMILES string of the molecule is Cc1c2c(c3c4c1C(C)(C)C(C)(C)C(C)(C)N4C(C)(C)C(C)(C)C3(C)C)Oc1c3c4c(c(C)c1=C2c1ccccc1C(=O)O)C(C)(C)C(C)(C)C(C)(C)[N+]=4C(C)(C)C(C)(C)C3(C)C. The lowest BCUT2D eigenvalue weighted by Gasteiger charge is -2.73. The van der Waals surface area contributed by atoms with Gasteiger partial charge in [-0.25, -0.2) is 9.37 Å². The molecule has 0 radical (unpaired) electrons. The summed E-state index contributed by atoms with van der Waals surface area (Å²) in [6, 6.07) is 7.77. The third-order valence-corrected chi connectivity index (χ3v) is 23.0. The lowest BCUT2D eigenvalue weighted by Crippen LogP contribution is -2.79. The first-order valence-electron chi connectivity index (χ1n) is 24.0. The highest BCUT2D eigenvalue weighted by atomic mass is 16.5. The number of fused-ring (bicyclic) bond motifs is 4. The Labute approximate surface area is 381 Å². The van der Waals surface area contributed by atoms with Gasteiger partial charge in [0.1, 0.15) is 11.5 Å². The lowest BCUT2D eigenvalue weighted by atomic mass is 9.45. The number of aromatic carboxylic acids is 1. The third-order valence-electron chi connectivity index (χ3n) is 23.0. The van der Waals surface area contributed by atoms with Gasteiger partial charge in [0, 0.05) is 99.0 Å². The molecular formula is C58H83N2O3+. The Kier molecular flexibility index (Phi) is 8.65. The second kappa shape index (κ2) is 11.9. The number of carbonyl (C=O) groups is 1. The summed E-state index contributed by atoms with van der Waals surface area (Å²) < 4.78 is 11.0. The zero-order valence-corrected chi connectivity index (χ0v) is 44.5. The summed E-state index contributed by atoms with van der Waals surface area (Å²) in [6.45, 7) is 63.8. The normalized spacial score (nSPS) is 26.3. The Hall–Kier alpha value is -3.60. The average molecular weight is 856 g/mol. The van der Waals surface area contributed by atoms with Crippen molar-refractivity contribution in [3.05, 3.63) is 84.9 Å². The van der Waals surface area contributed by atoms with Crippen LogP contribution in [0.3, 0.4) is 0 Å². The van der Waals surface area contributed by atoms with Crippen LogP contribution in [0, 0.1) is 35.5 Å². The first kappa shape index (κ1) is 45.9. The van der Waals surface area contributed by atoms with Crippen LogP contribution in [-0.4, -0.2) is 33.2 Å². The molecule has 5 heteroatoms. The van der Waals surface area contributed by atoms with Gasteiger partial charge in [-0.2, -0.15) is 0 Å². The van der Waals surface area contributed by atoms with Gasteiger partial charge in [0.2, 0.25) is 5.36 Å². The van der Waals surface area contributed by atoms with Gasteiger partial charge in [-0.1, -0.05) is 129 Å². The summed E-state index contributed by atoms with van der Waals surface area (Å²) in [5, 5.41) is 13.5. The van der Waals surface area contributed by atoms with E-state index in [1.54, 1.807) is 6.07 Å². The molecular weight excluding hydrogens is 773 g/mol. The second-order valence-electron chi connectivity index (χ2n) is 27.1. The van der Waals surface area contributed by atoms with Gasteiger partial charge in [0.05, 0.1) is 11.1 Å². The number of ether oxygens (including phenoxy) is 1. The number of hydrogen-bond donors (Lipinski definition) is 1. The van der Waals surface area contributed by atoms with Crippen LogP contribution in [0.1, 0.15) is 221 Å². The summed E-state index contributed by atoms with van der Waals surface area (Å²) in [5.74, 6) is 0.875. The molecule has 63 heavy (non-hydrogen) atoms. The number of benzene rings is 3. The standard InChI is InChI=1S/C58H82N2O3/c1-31-35-37(33-29-27-28-30-34(33)46(61)62)36-32(2)39-43-41(50(9,10)54(17,18)58(25,26)60(43)56(21,22)52(13,14)48(39,5)6)45(36)63-44(35)40-42-38(31)47(3,4)51(11,12)55(19,20)59(42)57(23,24)53(15,16)49(40,7)8/h27-30H,1-26H3/p+1. The van der Waals surface area contributed by atoms with Crippen LogP contribution in [-0.2, 0) is 21.7 Å². The Morgan fingerprint density at radius 1 is 0.540 bits per heavy atom. The van der Waals surface area contributed by atoms with Gasteiger partial charge in [-0.05, 0) is 86.1 Å². The fraction of sp³-hybridized carbons (Fsp3) is 0.655. The maximum Gasteiger partial charge on any atom is 0.336 e. The molecule has 0 unspecified atom stereocenters. The van der Waals surface area contributed by atoms with Crippen molar-refractivity contribution in [2.24, 2.45) is 21.7 Å². The number of carboxylic acid groups (broad SMARTS) is 1. The molecule has 3 aromatic rings. The molecule has 0 fully saturated rings. The first-order valence-corrected chi connectivity index (χ1v) is 24.0. The van der Waals surface area contributed by atoms with E-state index in [1.807, 2.05) is 12.1 Å². The molecule has 5 aliphatic rings. The van der Waals surface area contributed by atoms with E-state index in [-0.39, 0.29) is 65.5 Å². The van der Waals surface area contributed by atoms with E-state index in [4.69, 9.17) is 4.74 Å². The van der Waals surface area contributed by atoms with Crippen LogP contribution in [0.4, 0.5) is 5.69 Å². The van der Waals surface area contributed by atoms with Crippen molar-refractivity contribution >= 4 is 17.2 Å². The summed E-state index contributed by atoms with van der Waals surface area (Å²) in [7, 11) is 0. The highest BCUT2D eigenvalue weighted by Gasteiger charge is 2.72. The molecule has 0 amide bonds. The average Bonchev–Trinajstić information content (AvgIpc) is 3.11. The molecule has 3 aromatic carbocycles. The van der Waals surface area contributed by atoms with E-state index in [2.05, 4.69) is 196 Å². The number of nitrogens with zero attached hydrogens (tertiary/aromatic N) is 2. The van der Waals surface area contributed by atoms with E-state index >= 15 is 0 Å². The van der Waals surface area contributed by atoms with Gasteiger partial charge < -0.3 is 14.7 Å². The highest BCUT2D eigenvalue weighted by Crippen LogP contribution is 2.72. The molecule has 0 spiro atoms. The van der Waals surface area contributed by atoms with Crippen molar-refractivity contribution in [2.75, 3.05) is 4.90 Å². The molecule has 0 saturated heterocycles. The third kappa shape index (κ3) is 4.49. The molecule has 0 bridgehead atoms. The molecule has 5 aliphatic heterocycles. The fourth-order valence-corrected chi connectivity index (χ4v) is 14.9. The Balaban J connectivity index is 1.80. The molecule has 342 valence electrons. The van der Waals surface area contributed by atoms with Gasteiger partial charge in [-0.3, -0.25) is 0 Å². The zero-order chi connectivity index (χ0) is 47.9. The lowest BCUT2D eigenvalue weighted by molar-refractivity contribution is -0.0629. The minimum absolute atomic E-state index is 0.182. The maximum absolute atomic E-state index is 13.7. The van der Waals surface area contributed by atoms with E-state index in [1.165, 1.54) is 44.4 Å². The second-order valence-corrected chi connectivity index (χ2v) is 27.1. The van der Waals surface area contributed by atoms with Crippen LogP contribution in [0.15, 0.2) is 24.3 Å². The van der Waals surface area contributed by atoms with Gasteiger partial charge in [0.25, 0.3) is 0 Å². The Bertz CT molecular complexity index is 2740. The minimum Gasteiger partial charge on any atom is -0.478 e. The van der Waals surface area contributed by atoms with Crippen molar-refractivity contribution in [3.8, 4) is 11.5 Å². The minimum atomic E-state index is -0.920. The van der Waals surface area contributed by atoms with Crippen LogP contribution < -0.4 is 24.8 Å². The van der Waals surface area contributed by atoms with E-state index in [9.17, 15) is 9.90 Å². The van der Waals surface area contributed by atoms with Crippen LogP contribution in [0.25, 0.3) is 5.57 Å².